The molecular weight excluding hydrogens is 446 g/mol. The fourth-order valence-electron chi connectivity index (χ4n) is 5.11. The maximum absolute atomic E-state index is 13.4. The number of carbonyl (C=O) groups excluding carboxylic acids is 2. The number of nitrogens with zero attached hydrogens (tertiary/aromatic N) is 5. The Morgan fingerprint density at radius 3 is 2.41 bits per heavy atom. The molecule has 0 spiro atoms. The van der Waals surface area contributed by atoms with Crippen molar-refractivity contribution >= 4 is 23.6 Å². The molecule has 2 aliphatic heterocycles. The molecule has 0 aromatic rings. The molecular formula is C26H41N5O2S. The number of hydrogen-bond acceptors (Lipinski definition) is 6. The molecule has 3 rings (SSSR count). The van der Waals surface area contributed by atoms with Crippen molar-refractivity contribution in [2.45, 2.75) is 45.6 Å². The lowest BCUT2D eigenvalue weighted by Crippen LogP contribution is -2.57. The van der Waals surface area contributed by atoms with Gasteiger partial charge in [-0.3, -0.25) is 9.59 Å². The Morgan fingerprint density at radius 1 is 1.21 bits per heavy atom. The summed E-state index contributed by atoms with van der Waals surface area (Å²) in [6, 6.07) is 2.43. The SMILES string of the molecule is C=C/C=C(\SC)C(=O)N1CCN(C2=C(C#N)C(=O)N(CCN(C)C)C3CCCCC23)CC1.CC. The highest BCUT2D eigenvalue weighted by Crippen LogP contribution is 2.41. The Balaban J connectivity index is 0.00000199. The van der Waals surface area contributed by atoms with Gasteiger partial charge in [0, 0.05) is 56.9 Å². The van der Waals surface area contributed by atoms with Gasteiger partial charge in [0.2, 0.25) is 0 Å². The van der Waals surface area contributed by atoms with Gasteiger partial charge in [0.1, 0.15) is 11.6 Å². The lowest BCUT2D eigenvalue weighted by Gasteiger charge is -2.49. The topological polar surface area (TPSA) is 70.9 Å². The molecule has 7 nitrogen and oxygen atoms in total. The molecule has 0 aromatic carbocycles. The predicted octanol–water partition coefficient (Wildman–Crippen LogP) is 3.33. The number of amides is 2. The Bertz CT molecular complexity index is 837. The van der Waals surface area contributed by atoms with Crippen LogP contribution < -0.4 is 0 Å². The van der Waals surface area contributed by atoms with E-state index in [1.807, 2.05) is 44.0 Å². The van der Waals surface area contributed by atoms with Crippen LogP contribution in [0.15, 0.2) is 34.9 Å². The van der Waals surface area contributed by atoms with Crippen LogP contribution in [0.2, 0.25) is 0 Å². The van der Waals surface area contributed by atoms with E-state index < -0.39 is 0 Å². The highest BCUT2D eigenvalue weighted by molar-refractivity contribution is 8.03. The van der Waals surface area contributed by atoms with Crippen molar-refractivity contribution in [3.8, 4) is 6.07 Å². The molecule has 0 N–H and O–H groups in total. The summed E-state index contributed by atoms with van der Waals surface area (Å²) >= 11 is 1.43. The molecule has 2 fully saturated rings. The average molecular weight is 488 g/mol. The average Bonchev–Trinajstić information content (AvgIpc) is 2.87. The van der Waals surface area contributed by atoms with Crippen LogP contribution in [0, 0.1) is 17.2 Å². The molecule has 0 radical (unpaired) electrons. The quantitative estimate of drug-likeness (QED) is 0.405. The van der Waals surface area contributed by atoms with Gasteiger partial charge in [0.05, 0.1) is 4.91 Å². The zero-order valence-electron chi connectivity index (χ0n) is 21.5. The van der Waals surface area contributed by atoms with E-state index in [0.717, 1.165) is 37.9 Å². The molecule has 0 aromatic heterocycles. The fourth-order valence-corrected chi connectivity index (χ4v) is 5.64. The van der Waals surface area contributed by atoms with Crippen molar-refractivity contribution in [2.75, 3.05) is 59.6 Å². The number of fused-ring (bicyclic) bond motifs is 1. The van der Waals surface area contributed by atoms with Crippen LogP contribution in [0.4, 0.5) is 0 Å². The number of carbonyl (C=O) groups is 2. The molecule has 8 heteroatoms. The van der Waals surface area contributed by atoms with Crippen LogP contribution in [-0.4, -0.2) is 97.1 Å². The third-order valence-corrected chi connectivity index (χ3v) is 7.47. The summed E-state index contributed by atoms with van der Waals surface area (Å²) < 4.78 is 0. The van der Waals surface area contributed by atoms with Crippen molar-refractivity contribution in [1.29, 1.82) is 5.26 Å². The lowest BCUT2D eigenvalue weighted by atomic mass is 9.76. The third kappa shape index (κ3) is 6.25. The monoisotopic (exact) mass is 487 g/mol. The van der Waals surface area contributed by atoms with Crippen LogP contribution in [0.3, 0.4) is 0 Å². The van der Waals surface area contributed by atoms with Gasteiger partial charge in [0.25, 0.3) is 11.8 Å². The Morgan fingerprint density at radius 2 is 1.85 bits per heavy atom. The molecule has 34 heavy (non-hydrogen) atoms. The Labute approximate surface area is 210 Å². The summed E-state index contributed by atoms with van der Waals surface area (Å²) in [5, 5.41) is 9.98. The van der Waals surface area contributed by atoms with Crippen molar-refractivity contribution in [3.05, 3.63) is 34.9 Å². The predicted molar refractivity (Wildman–Crippen MR) is 140 cm³/mol. The van der Waals surface area contributed by atoms with Crippen LogP contribution in [0.5, 0.6) is 0 Å². The summed E-state index contributed by atoms with van der Waals surface area (Å²) in [6.07, 6.45) is 9.54. The Hall–Kier alpha value is -2.24. The van der Waals surface area contributed by atoms with Gasteiger partial charge in [-0.05, 0) is 39.3 Å². The van der Waals surface area contributed by atoms with E-state index in [4.69, 9.17) is 0 Å². The molecule has 188 valence electrons. The van der Waals surface area contributed by atoms with Crippen molar-refractivity contribution in [2.24, 2.45) is 5.92 Å². The van der Waals surface area contributed by atoms with Gasteiger partial charge < -0.3 is 19.6 Å². The second-order valence-electron chi connectivity index (χ2n) is 8.88. The van der Waals surface area contributed by atoms with Crippen LogP contribution >= 0.6 is 11.8 Å². The van der Waals surface area contributed by atoms with E-state index in [-0.39, 0.29) is 23.8 Å². The molecule has 3 aliphatic rings. The van der Waals surface area contributed by atoms with Crippen molar-refractivity contribution < 1.29 is 9.59 Å². The first-order valence-corrected chi connectivity index (χ1v) is 13.7. The molecule has 2 unspecified atom stereocenters. The highest BCUT2D eigenvalue weighted by Gasteiger charge is 2.44. The summed E-state index contributed by atoms with van der Waals surface area (Å²) in [4.78, 5) is 35.0. The standard InChI is InChI=1S/C24H35N5O2S.C2H6/c1-5-8-21(32-4)24(31)28-14-12-27(13-15-28)22-18-9-6-7-10-20(18)29(16-11-26(2)3)23(30)19(22)17-25;1-2/h5,8,18,20H,1,6-7,9-16H2,2-4H3;1-2H3/b21-8-;. The minimum Gasteiger partial charge on any atom is -0.370 e. The van der Waals surface area contributed by atoms with Crippen LogP contribution in [0.1, 0.15) is 39.5 Å². The zero-order chi connectivity index (χ0) is 25.3. The fraction of sp³-hybridized carbons (Fsp3) is 0.654. The normalized spacial score (nSPS) is 23.3. The minimum absolute atomic E-state index is 0.0247. The number of piperazine rings is 1. The molecule has 0 bridgehead atoms. The largest absolute Gasteiger partial charge is 0.370 e. The van der Waals surface area contributed by atoms with Gasteiger partial charge in [-0.25, -0.2) is 0 Å². The summed E-state index contributed by atoms with van der Waals surface area (Å²) in [5.74, 6) is 0.115. The van der Waals surface area contributed by atoms with E-state index in [1.54, 1.807) is 12.2 Å². The maximum atomic E-state index is 13.4. The molecule has 2 heterocycles. The molecule has 2 amide bonds. The third-order valence-electron chi connectivity index (χ3n) is 6.72. The smallest absolute Gasteiger partial charge is 0.266 e. The van der Waals surface area contributed by atoms with E-state index >= 15 is 0 Å². The number of rotatable bonds is 7. The summed E-state index contributed by atoms with van der Waals surface area (Å²) in [6.45, 7) is 11.6. The minimum atomic E-state index is -0.121. The molecule has 2 atom stereocenters. The molecule has 1 saturated heterocycles. The summed E-state index contributed by atoms with van der Waals surface area (Å²) in [5.41, 5.74) is 1.24. The number of hydrogen-bond donors (Lipinski definition) is 0. The number of nitriles is 1. The first-order chi connectivity index (χ1) is 16.4. The second kappa shape index (κ2) is 13.6. The van der Waals surface area contributed by atoms with E-state index in [0.29, 0.717) is 43.2 Å². The maximum Gasteiger partial charge on any atom is 0.266 e. The van der Waals surface area contributed by atoms with Crippen molar-refractivity contribution in [1.82, 2.24) is 19.6 Å². The van der Waals surface area contributed by atoms with E-state index in [1.165, 1.54) is 11.8 Å². The van der Waals surface area contributed by atoms with Crippen LogP contribution in [0.25, 0.3) is 0 Å². The van der Waals surface area contributed by atoms with Gasteiger partial charge >= 0.3 is 0 Å². The zero-order valence-corrected chi connectivity index (χ0v) is 22.4. The van der Waals surface area contributed by atoms with Gasteiger partial charge in [-0.1, -0.05) is 39.3 Å². The number of likely N-dealkylation sites (N-methyl/N-ethyl adjacent to an activating group) is 1. The summed E-state index contributed by atoms with van der Waals surface area (Å²) in [7, 11) is 4.01. The lowest BCUT2D eigenvalue weighted by molar-refractivity contribution is -0.133. The van der Waals surface area contributed by atoms with E-state index in [9.17, 15) is 14.9 Å². The first-order valence-electron chi connectivity index (χ1n) is 12.4. The molecule has 1 aliphatic carbocycles. The number of thioether (sulfide) groups is 1. The highest BCUT2D eigenvalue weighted by atomic mass is 32.2. The Kier molecular flexibility index (Phi) is 11.2. The van der Waals surface area contributed by atoms with Gasteiger partial charge in [0.15, 0.2) is 0 Å². The van der Waals surface area contributed by atoms with Gasteiger partial charge in [-0.2, -0.15) is 5.26 Å². The van der Waals surface area contributed by atoms with Crippen LogP contribution in [-0.2, 0) is 9.59 Å². The van der Waals surface area contributed by atoms with E-state index in [2.05, 4.69) is 22.4 Å². The number of allylic oxidation sites excluding steroid dienone is 2. The van der Waals surface area contributed by atoms with Crippen molar-refractivity contribution in [3.63, 3.8) is 0 Å². The second-order valence-corrected chi connectivity index (χ2v) is 9.73. The molecule has 1 saturated carbocycles. The van der Waals surface area contributed by atoms with Gasteiger partial charge in [-0.15, -0.1) is 11.8 Å². The first kappa shape index (κ1) is 28.0.